The summed E-state index contributed by atoms with van der Waals surface area (Å²) in [4.78, 5) is 4.57. The molecule has 0 saturated heterocycles. The molecule has 5 heteroatoms. The van der Waals surface area contributed by atoms with Gasteiger partial charge in [0.15, 0.2) is 0 Å². The summed E-state index contributed by atoms with van der Waals surface area (Å²) in [5.41, 5.74) is 2.52. The minimum Gasteiger partial charge on any atom is -0.241 e. The van der Waals surface area contributed by atoms with Crippen molar-refractivity contribution in [2.45, 2.75) is 6.42 Å². The number of halogens is 3. The quantitative estimate of drug-likeness (QED) is 0.545. The highest BCUT2D eigenvalue weighted by Crippen LogP contribution is 2.26. The monoisotopic (exact) mass is 381 g/mol. The predicted octanol–water partition coefficient (Wildman–Crippen LogP) is 5.96. The van der Waals surface area contributed by atoms with Crippen molar-refractivity contribution in [3.8, 4) is 11.3 Å². The number of benzene rings is 2. The topological polar surface area (TPSA) is 12.9 Å². The molecule has 2 aromatic carbocycles. The van der Waals surface area contributed by atoms with Gasteiger partial charge in [-0.15, -0.1) is 11.3 Å². The van der Waals surface area contributed by atoms with Crippen molar-refractivity contribution >= 4 is 38.9 Å². The number of thiazole rings is 1. The van der Waals surface area contributed by atoms with Crippen LogP contribution in [0.5, 0.6) is 0 Å². The van der Waals surface area contributed by atoms with Crippen LogP contribution in [0.1, 0.15) is 10.6 Å². The molecule has 0 N–H and O–H groups in total. The molecule has 0 aliphatic rings. The number of nitrogens with zero attached hydrogens (tertiary/aromatic N) is 1. The summed E-state index contributed by atoms with van der Waals surface area (Å²) in [5, 5.41) is 3.01. The summed E-state index contributed by atoms with van der Waals surface area (Å²) in [5.74, 6) is -0.362. The van der Waals surface area contributed by atoms with Crippen molar-refractivity contribution in [2.75, 3.05) is 0 Å². The van der Waals surface area contributed by atoms with Crippen molar-refractivity contribution in [3.05, 3.63) is 73.7 Å². The fourth-order valence-corrected chi connectivity index (χ4v) is 3.28. The number of rotatable bonds is 3. The third-order valence-corrected chi connectivity index (χ3v) is 4.73. The van der Waals surface area contributed by atoms with Gasteiger partial charge in [-0.1, -0.05) is 51.8 Å². The molecule has 21 heavy (non-hydrogen) atoms. The first kappa shape index (κ1) is 14.7. The summed E-state index contributed by atoms with van der Waals surface area (Å²) < 4.78 is 14.9. The second kappa shape index (κ2) is 6.26. The highest BCUT2D eigenvalue weighted by Gasteiger charge is 2.10. The Morgan fingerprint density at radius 3 is 2.67 bits per heavy atom. The lowest BCUT2D eigenvalue weighted by atomic mass is 10.1. The van der Waals surface area contributed by atoms with Crippen LogP contribution in [0.2, 0.25) is 5.02 Å². The largest absolute Gasteiger partial charge is 0.241 e. The second-order valence-electron chi connectivity index (χ2n) is 4.52. The molecule has 0 amide bonds. The van der Waals surface area contributed by atoms with Crippen molar-refractivity contribution < 1.29 is 4.39 Å². The van der Waals surface area contributed by atoms with Crippen LogP contribution in [0.25, 0.3) is 11.3 Å². The Labute approximate surface area is 139 Å². The van der Waals surface area contributed by atoms with Crippen LogP contribution in [-0.2, 0) is 6.42 Å². The molecule has 0 bridgehead atoms. The number of hydrogen-bond donors (Lipinski definition) is 0. The Bertz CT molecular complexity index is 770. The molecule has 106 valence electrons. The van der Waals surface area contributed by atoms with E-state index in [4.69, 9.17) is 11.6 Å². The second-order valence-corrected chi connectivity index (χ2v) is 6.79. The molecule has 0 saturated carbocycles. The minimum atomic E-state index is -0.362. The molecule has 0 fully saturated rings. The molecule has 1 aromatic heterocycles. The van der Waals surface area contributed by atoms with Gasteiger partial charge >= 0.3 is 0 Å². The molecule has 0 spiro atoms. The molecular formula is C16H10BrClFNS. The Morgan fingerprint density at radius 1 is 1.14 bits per heavy atom. The summed E-state index contributed by atoms with van der Waals surface area (Å²) in [6.45, 7) is 0. The van der Waals surface area contributed by atoms with Crippen LogP contribution in [-0.4, -0.2) is 4.98 Å². The van der Waals surface area contributed by atoms with E-state index >= 15 is 0 Å². The SMILES string of the molecule is Fc1c(Cl)cccc1Cc1nc(-c2ccc(Br)cc2)cs1. The molecule has 0 radical (unpaired) electrons. The lowest BCUT2D eigenvalue weighted by molar-refractivity contribution is 0.614. The zero-order valence-corrected chi connectivity index (χ0v) is 14.0. The summed E-state index contributed by atoms with van der Waals surface area (Å²) in [6.07, 6.45) is 0.452. The molecule has 3 rings (SSSR count). The third kappa shape index (κ3) is 3.34. The van der Waals surface area contributed by atoms with E-state index in [1.54, 1.807) is 18.2 Å². The fraction of sp³-hybridized carbons (Fsp3) is 0.0625. The van der Waals surface area contributed by atoms with E-state index in [9.17, 15) is 4.39 Å². The Morgan fingerprint density at radius 2 is 1.90 bits per heavy atom. The van der Waals surface area contributed by atoms with Gasteiger partial charge in [0.25, 0.3) is 0 Å². The van der Waals surface area contributed by atoms with Gasteiger partial charge in [-0.05, 0) is 23.8 Å². The molecular weight excluding hydrogens is 373 g/mol. The molecule has 0 unspecified atom stereocenters. The maximum atomic E-state index is 13.9. The van der Waals surface area contributed by atoms with E-state index in [0.717, 1.165) is 20.7 Å². The van der Waals surface area contributed by atoms with E-state index in [1.807, 2.05) is 29.6 Å². The van der Waals surface area contributed by atoms with E-state index in [1.165, 1.54) is 11.3 Å². The summed E-state index contributed by atoms with van der Waals surface area (Å²) in [6, 6.07) is 13.0. The summed E-state index contributed by atoms with van der Waals surface area (Å²) in [7, 11) is 0. The minimum absolute atomic E-state index is 0.150. The Kier molecular flexibility index (Phi) is 4.38. The van der Waals surface area contributed by atoms with Gasteiger partial charge in [0.1, 0.15) is 5.82 Å². The highest BCUT2D eigenvalue weighted by molar-refractivity contribution is 9.10. The molecule has 0 atom stereocenters. The van der Waals surface area contributed by atoms with Crippen LogP contribution in [0.3, 0.4) is 0 Å². The van der Waals surface area contributed by atoms with E-state index in [-0.39, 0.29) is 10.8 Å². The van der Waals surface area contributed by atoms with Crippen LogP contribution < -0.4 is 0 Å². The lowest BCUT2D eigenvalue weighted by Gasteiger charge is -2.02. The predicted molar refractivity (Wildman–Crippen MR) is 89.5 cm³/mol. The molecule has 3 aromatic rings. The van der Waals surface area contributed by atoms with Crippen LogP contribution >= 0.6 is 38.9 Å². The number of aromatic nitrogens is 1. The van der Waals surface area contributed by atoms with Crippen molar-refractivity contribution in [2.24, 2.45) is 0 Å². The maximum Gasteiger partial charge on any atom is 0.145 e. The number of hydrogen-bond acceptors (Lipinski definition) is 2. The third-order valence-electron chi connectivity index (χ3n) is 3.06. The molecule has 0 aliphatic heterocycles. The zero-order chi connectivity index (χ0) is 14.8. The first-order valence-electron chi connectivity index (χ1n) is 6.27. The first-order valence-corrected chi connectivity index (χ1v) is 8.32. The van der Waals surface area contributed by atoms with Crippen molar-refractivity contribution in [1.29, 1.82) is 0 Å². The molecule has 1 nitrogen and oxygen atoms in total. The van der Waals surface area contributed by atoms with Gasteiger partial charge in [-0.3, -0.25) is 0 Å². The Balaban J connectivity index is 1.85. The van der Waals surface area contributed by atoms with Gasteiger partial charge in [-0.2, -0.15) is 0 Å². The maximum absolute atomic E-state index is 13.9. The van der Waals surface area contributed by atoms with Gasteiger partial charge in [0, 0.05) is 21.8 Å². The van der Waals surface area contributed by atoms with Gasteiger partial charge in [0.05, 0.1) is 15.7 Å². The van der Waals surface area contributed by atoms with Crippen LogP contribution in [0.4, 0.5) is 4.39 Å². The normalized spacial score (nSPS) is 10.8. The van der Waals surface area contributed by atoms with Gasteiger partial charge in [-0.25, -0.2) is 9.37 Å². The van der Waals surface area contributed by atoms with E-state index < -0.39 is 0 Å². The first-order chi connectivity index (χ1) is 10.1. The average Bonchev–Trinajstić information content (AvgIpc) is 2.93. The lowest BCUT2D eigenvalue weighted by Crippen LogP contribution is -1.93. The summed E-state index contributed by atoms with van der Waals surface area (Å²) >= 11 is 10.7. The van der Waals surface area contributed by atoms with Gasteiger partial charge < -0.3 is 0 Å². The van der Waals surface area contributed by atoms with Crippen molar-refractivity contribution in [1.82, 2.24) is 4.98 Å². The highest BCUT2D eigenvalue weighted by atomic mass is 79.9. The smallest absolute Gasteiger partial charge is 0.145 e. The van der Waals surface area contributed by atoms with Crippen LogP contribution in [0, 0.1) is 5.82 Å². The van der Waals surface area contributed by atoms with E-state index in [2.05, 4.69) is 20.9 Å². The van der Waals surface area contributed by atoms with E-state index in [0.29, 0.717) is 12.0 Å². The fourth-order valence-electron chi connectivity index (χ4n) is 1.99. The van der Waals surface area contributed by atoms with Gasteiger partial charge in [0.2, 0.25) is 0 Å². The Hall–Kier alpha value is -1.23. The average molecular weight is 383 g/mol. The van der Waals surface area contributed by atoms with Crippen molar-refractivity contribution in [3.63, 3.8) is 0 Å². The zero-order valence-electron chi connectivity index (χ0n) is 10.8. The molecule has 0 aliphatic carbocycles. The molecule has 1 heterocycles. The standard InChI is InChI=1S/C16H10BrClFNS/c17-12-6-4-10(5-7-12)14-9-21-15(20-14)8-11-2-1-3-13(18)16(11)19/h1-7,9H,8H2. The van der Waals surface area contributed by atoms with Crippen LogP contribution in [0.15, 0.2) is 52.3 Å².